The Hall–Kier alpha value is -0.610. The molecule has 0 bridgehead atoms. The van der Waals surface area contributed by atoms with Crippen LogP contribution in [0.3, 0.4) is 0 Å². The van der Waals surface area contributed by atoms with Gasteiger partial charge in [-0.15, -0.1) is 0 Å². The number of carboxylic acids is 1. The molecule has 0 aromatic rings. The molecule has 0 saturated heterocycles. The van der Waals surface area contributed by atoms with Crippen molar-refractivity contribution in [1.82, 2.24) is 5.32 Å². The van der Waals surface area contributed by atoms with Crippen molar-refractivity contribution in [1.29, 1.82) is 0 Å². The molecular formula is C13H25NO3. The zero-order valence-electron chi connectivity index (χ0n) is 11.2. The normalized spacial score (nSPS) is 22.3. The second-order valence-corrected chi connectivity index (χ2v) is 5.39. The fourth-order valence-electron chi connectivity index (χ4n) is 2.41. The summed E-state index contributed by atoms with van der Waals surface area (Å²) in [7, 11) is 1.68. The lowest BCUT2D eigenvalue weighted by Crippen LogP contribution is -2.49. The van der Waals surface area contributed by atoms with Gasteiger partial charge in [0, 0.05) is 13.0 Å². The standard InChI is InChI=1S/C13H25NO3/c1-10(8-13(2,14-3)12(15)16)17-9-11-6-4-5-7-11/h10-11,14H,4-9H2,1-3H3,(H,15,16). The van der Waals surface area contributed by atoms with Gasteiger partial charge in [-0.2, -0.15) is 0 Å². The average molecular weight is 243 g/mol. The molecule has 1 aliphatic rings. The number of likely N-dealkylation sites (N-methyl/N-ethyl adjacent to an activating group) is 1. The largest absolute Gasteiger partial charge is 0.480 e. The average Bonchev–Trinajstić information content (AvgIpc) is 2.78. The maximum Gasteiger partial charge on any atom is 0.323 e. The number of carbonyl (C=O) groups is 1. The van der Waals surface area contributed by atoms with Crippen LogP contribution in [0, 0.1) is 5.92 Å². The summed E-state index contributed by atoms with van der Waals surface area (Å²) in [5.41, 5.74) is -0.894. The van der Waals surface area contributed by atoms with E-state index in [4.69, 9.17) is 9.84 Å². The van der Waals surface area contributed by atoms with Crippen molar-refractivity contribution in [2.75, 3.05) is 13.7 Å². The molecule has 1 fully saturated rings. The molecule has 0 aliphatic heterocycles. The molecule has 100 valence electrons. The van der Waals surface area contributed by atoms with Gasteiger partial charge in [0.2, 0.25) is 0 Å². The summed E-state index contributed by atoms with van der Waals surface area (Å²) < 4.78 is 5.77. The fraction of sp³-hybridized carbons (Fsp3) is 0.923. The van der Waals surface area contributed by atoms with Crippen LogP contribution >= 0.6 is 0 Å². The first-order valence-corrected chi connectivity index (χ1v) is 6.52. The molecule has 4 heteroatoms. The Labute approximate surface area is 104 Å². The van der Waals surface area contributed by atoms with Gasteiger partial charge >= 0.3 is 5.97 Å². The van der Waals surface area contributed by atoms with Crippen LogP contribution in [0.15, 0.2) is 0 Å². The van der Waals surface area contributed by atoms with Gasteiger partial charge in [-0.25, -0.2) is 0 Å². The number of aliphatic carboxylic acids is 1. The van der Waals surface area contributed by atoms with Crippen molar-refractivity contribution in [2.24, 2.45) is 5.92 Å². The predicted octanol–water partition coefficient (Wildman–Crippen LogP) is 2.03. The molecule has 0 heterocycles. The number of nitrogens with one attached hydrogen (secondary N) is 1. The molecule has 0 spiro atoms. The second kappa shape index (κ2) is 6.36. The number of rotatable bonds is 7. The van der Waals surface area contributed by atoms with E-state index in [9.17, 15) is 4.79 Å². The molecule has 0 radical (unpaired) electrons. The Morgan fingerprint density at radius 2 is 2.12 bits per heavy atom. The quantitative estimate of drug-likeness (QED) is 0.718. The number of hydrogen-bond donors (Lipinski definition) is 2. The summed E-state index contributed by atoms with van der Waals surface area (Å²) in [6, 6.07) is 0. The van der Waals surface area contributed by atoms with Crippen LogP contribution in [-0.4, -0.2) is 36.4 Å². The fourth-order valence-corrected chi connectivity index (χ4v) is 2.41. The SMILES string of the molecule is CNC(C)(CC(C)OCC1CCCC1)C(=O)O. The van der Waals surface area contributed by atoms with E-state index in [2.05, 4.69) is 5.32 Å². The van der Waals surface area contributed by atoms with Gasteiger partial charge in [0.05, 0.1) is 6.10 Å². The smallest absolute Gasteiger partial charge is 0.323 e. The van der Waals surface area contributed by atoms with Gasteiger partial charge in [-0.3, -0.25) is 4.79 Å². The van der Waals surface area contributed by atoms with Crippen LogP contribution in [0.5, 0.6) is 0 Å². The Balaban J connectivity index is 2.31. The summed E-state index contributed by atoms with van der Waals surface area (Å²) in [6.45, 7) is 4.43. The minimum atomic E-state index is -0.894. The van der Waals surface area contributed by atoms with E-state index < -0.39 is 11.5 Å². The number of hydrogen-bond acceptors (Lipinski definition) is 3. The van der Waals surface area contributed by atoms with Crippen molar-refractivity contribution < 1.29 is 14.6 Å². The summed E-state index contributed by atoms with van der Waals surface area (Å²) in [5.74, 6) is -0.139. The first kappa shape index (κ1) is 14.5. The first-order chi connectivity index (χ1) is 7.98. The highest BCUT2D eigenvalue weighted by molar-refractivity contribution is 5.78. The number of carboxylic acid groups (broad SMARTS) is 1. The minimum absolute atomic E-state index is 0.0239. The Morgan fingerprint density at radius 3 is 2.59 bits per heavy atom. The zero-order chi connectivity index (χ0) is 12.9. The van der Waals surface area contributed by atoms with Crippen molar-refractivity contribution in [2.45, 2.75) is 57.6 Å². The molecule has 17 heavy (non-hydrogen) atoms. The van der Waals surface area contributed by atoms with Gasteiger partial charge in [-0.05, 0) is 39.7 Å². The predicted molar refractivity (Wildman–Crippen MR) is 67.1 cm³/mol. The van der Waals surface area contributed by atoms with Gasteiger partial charge < -0.3 is 15.2 Å². The number of ether oxygens (including phenoxy) is 1. The molecule has 4 nitrogen and oxygen atoms in total. The van der Waals surface area contributed by atoms with Crippen LogP contribution < -0.4 is 5.32 Å². The van der Waals surface area contributed by atoms with E-state index in [-0.39, 0.29) is 6.10 Å². The highest BCUT2D eigenvalue weighted by Gasteiger charge is 2.33. The van der Waals surface area contributed by atoms with Crippen LogP contribution in [0.1, 0.15) is 46.0 Å². The highest BCUT2D eigenvalue weighted by Crippen LogP contribution is 2.25. The van der Waals surface area contributed by atoms with Crippen LogP contribution in [0.4, 0.5) is 0 Å². The summed E-state index contributed by atoms with van der Waals surface area (Å²) >= 11 is 0. The van der Waals surface area contributed by atoms with Crippen molar-refractivity contribution in [3.8, 4) is 0 Å². The third kappa shape index (κ3) is 4.28. The van der Waals surface area contributed by atoms with Crippen molar-refractivity contribution in [3.63, 3.8) is 0 Å². The molecule has 2 N–H and O–H groups in total. The topological polar surface area (TPSA) is 58.6 Å². The molecule has 1 rings (SSSR count). The van der Waals surface area contributed by atoms with Crippen molar-refractivity contribution in [3.05, 3.63) is 0 Å². The maximum absolute atomic E-state index is 11.1. The molecule has 2 atom stereocenters. The summed E-state index contributed by atoms with van der Waals surface area (Å²) in [4.78, 5) is 11.1. The van der Waals surface area contributed by atoms with Crippen LogP contribution in [-0.2, 0) is 9.53 Å². The van der Waals surface area contributed by atoms with Crippen LogP contribution in [0.25, 0.3) is 0 Å². The van der Waals surface area contributed by atoms with Gasteiger partial charge in [-0.1, -0.05) is 12.8 Å². The Bertz CT molecular complexity index is 251. The third-order valence-corrected chi connectivity index (χ3v) is 3.81. The second-order valence-electron chi connectivity index (χ2n) is 5.39. The minimum Gasteiger partial charge on any atom is -0.480 e. The lowest BCUT2D eigenvalue weighted by molar-refractivity contribution is -0.145. The first-order valence-electron chi connectivity index (χ1n) is 6.52. The van der Waals surface area contributed by atoms with Gasteiger partial charge in [0.1, 0.15) is 5.54 Å². The van der Waals surface area contributed by atoms with E-state index in [0.717, 1.165) is 6.61 Å². The van der Waals surface area contributed by atoms with Crippen LogP contribution in [0.2, 0.25) is 0 Å². The monoisotopic (exact) mass is 243 g/mol. The Morgan fingerprint density at radius 1 is 1.53 bits per heavy atom. The molecule has 1 aliphatic carbocycles. The zero-order valence-corrected chi connectivity index (χ0v) is 11.2. The lowest BCUT2D eigenvalue weighted by Gasteiger charge is -2.28. The van der Waals surface area contributed by atoms with E-state index >= 15 is 0 Å². The van der Waals surface area contributed by atoms with Crippen molar-refractivity contribution >= 4 is 5.97 Å². The van der Waals surface area contributed by atoms with E-state index in [1.807, 2.05) is 6.92 Å². The third-order valence-electron chi connectivity index (χ3n) is 3.81. The highest BCUT2D eigenvalue weighted by atomic mass is 16.5. The molecule has 1 saturated carbocycles. The molecule has 2 unspecified atom stereocenters. The van der Waals surface area contributed by atoms with E-state index in [0.29, 0.717) is 12.3 Å². The molecular weight excluding hydrogens is 218 g/mol. The molecule has 0 amide bonds. The Kier molecular flexibility index (Phi) is 5.40. The van der Waals surface area contributed by atoms with E-state index in [1.54, 1.807) is 14.0 Å². The molecule has 0 aromatic heterocycles. The maximum atomic E-state index is 11.1. The summed E-state index contributed by atoms with van der Waals surface area (Å²) in [5, 5.41) is 12.0. The lowest BCUT2D eigenvalue weighted by atomic mass is 9.95. The molecule has 0 aromatic carbocycles. The van der Waals surface area contributed by atoms with Gasteiger partial charge in [0.25, 0.3) is 0 Å². The summed E-state index contributed by atoms with van der Waals surface area (Å²) in [6.07, 6.45) is 5.61. The van der Waals surface area contributed by atoms with Gasteiger partial charge in [0.15, 0.2) is 0 Å². The van der Waals surface area contributed by atoms with E-state index in [1.165, 1.54) is 25.7 Å².